The number of alkyl halides is 3. The average Bonchev–Trinajstić information content (AvgIpc) is 2.37. The van der Waals surface area contributed by atoms with Crippen LogP contribution >= 0.6 is 0 Å². The van der Waals surface area contributed by atoms with Gasteiger partial charge in [0.2, 0.25) is 0 Å². The van der Waals surface area contributed by atoms with Crippen molar-refractivity contribution in [3.8, 4) is 0 Å². The highest BCUT2D eigenvalue weighted by Gasteiger charge is 2.44. The number of benzene rings is 1. The molecule has 0 bridgehead atoms. The second-order valence-electron chi connectivity index (χ2n) is 5.53. The SMILES string of the molecule is OC1(CCc2ccccc2)CCC(C(F)(F)F)CC1. The lowest BCUT2D eigenvalue weighted by Gasteiger charge is -2.36. The van der Waals surface area contributed by atoms with Gasteiger partial charge in [-0.05, 0) is 44.1 Å². The molecule has 1 aromatic rings. The van der Waals surface area contributed by atoms with Gasteiger partial charge in [-0.15, -0.1) is 0 Å². The summed E-state index contributed by atoms with van der Waals surface area (Å²) in [6.45, 7) is 0. The zero-order chi connectivity index (χ0) is 13.9. The van der Waals surface area contributed by atoms with Gasteiger partial charge in [0.25, 0.3) is 0 Å². The molecular formula is C15H19F3O. The molecule has 0 amide bonds. The molecule has 0 spiro atoms. The summed E-state index contributed by atoms with van der Waals surface area (Å²) in [7, 11) is 0. The van der Waals surface area contributed by atoms with Crippen LogP contribution in [0.25, 0.3) is 0 Å². The summed E-state index contributed by atoms with van der Waals surface area (Å²) in [5, 5.41) is 10.3. The van der Waals surface area contributed by atoms with E-state index < -0.39 is 17.7 Å². The minimum absolute atomic E-state index is 0.0504. The standard InChI is InChI=1S/C15H19F3O/c16-15(17,18)13-7-10-14(19,11-8-13)9-6-12-4-2-1-3-5-12/h1-5,13,19H,6-11H2. The van der Waals surface area contributed by atoms with Crippen LogP contribution in [0.3, 0.4) is 0 Å². The normalized spacial score (nSPS) is 28.3. The smallest absolute Gasteiger partial charge is 0.390 e. The minimum Gasteiger partial charge on any atom is -0.390 e. The first-order chi connectivity index (χ1) is 8.89. The van der Waals surface area contributed by atoms with Crippen molar-refractivity contribution in [1.82, 2.24) is 0 Å². The lowest BCUT2D eigenvalue weighted by Crippen LogP contribution is -2.38. The van der Waals surface area contributed by atoms with Crippen LogP contribution in [0.15, 0.2) is 30.3 Å². The lowest BCUT2D eigenvalue weighted by atomic mass is 9.76. The lowest BCUT2D eigenvalue weighted by molar-refractivity contribution is -0.192. The number of hydrogen-bond donors (Lipinski definition) is 1. The molecule has 1 fully saturated rings. The highest BCUT2D eigenvalue weighted by atomic mass is 19.4. The summed E-state index contributed by atoms with van der Waals surface area (Å²) < 4.78 is 37.7. The third-order valence-electron chi connectivity index (χ3n) is 4.10. The Morgan fingerprint density at radius 3 is 2.21 bits per heavy atom. The fraction of sp³-hybridized carbons (Fsp3) is 0.600. The van der Waals surface area contributed by atoms with E-state index in [0.717, 1.165) is 5.56 Å². The molecule has 0 aromatic heterocycles. The van der Waals surface area contributed by atoms with Crippen LogP contribution in [0.4, 0.5) is 13.2 Å². The van der Waals surface area contributed by atoms with Gasteiger partial charge < -0.3 is 5.11 Å². The Morgan fingerprint density at radius 1 is 1.11 bits per heavy atom. The molecule has 106 valence electrons. The maximum absolute atomic E-state index is 12.6. The van der Waals surface area contributed by atoms with E-state index in [1.165, 1.54) is 0 Å². The van der Waals surface area contributed by atoms with Gasteiger partial charge in [0, 0.05) is 0 Å². The number of rotatable bonds is 3. The van der Waals surface area contributed by atoms with E-state index in [9.17, 15) is 18.3 Å². The van der Waals surface area contributed by atoms with Crippen molar-refractivity contribution in [3.05, 3.63) is 35.9 Å². The molecule has 0 radical (unpaired) electrons. The van der Waals surface area contributed by atoms with E-state index in [4.69, 9.17) is 0 Å². The quantitative estimate of drug-likeness (QED) is 0.878. The molecule has 1 aliphatic rings. The van der Waals surface area contributed by atoms with E-state index >= 15 is 0 Å². The van der Waals surface area contributed by atoms with Crippen molar-refractivity contribution in [2.75, 3.05) is 0 Å². The van der Waals surface area contributed by atoms with Crippen molar-refractivity contribution in [2.45, 2.75) is 50.3 Å². The van der Waals surface area contributed by atoms with E-state index in [1.807, 2.05) is 30.3 Å². The van der Waals surface area contributed by atoms with Crippen molar-refractivity contribution >= 4 is 0 Å². The first-order valence-electron chi connectivity index (χ1n) is 6.72. The zero-order valence-corrected chi connectivity index (χ0v) is 10.8. The highest BCUT2D eigenvalue weighted by molar-refractivity contribution is 5.15. The van der Waals surface area contributed by atoms with Gasteiger partial charge in [-0.3, -0.25) is 0 Å². The first-order valence-corrected chi connectivity index (χ1v) is 6.72. The predicted molar refractivity (Wildman–Crippen MR) is 67.7 cm³/mol. The van der Waals surface area contributed by atoms with Gasteiger partial charge >= 0.3 is 6.18 Å². The Hall–Kier alpha value is -1.03. The largest absolute Gasteiger partial charge is 0.391 e. The van der Waals surface area contributed by atoms with Crippen molar-refractivity contribution in [3.63, 3.8) is 0 Å². The van der Waals surface area contributed by atoms with Crippen LogP contribution in [0, 0.1) is 5.92 Å². The van der Waals surface area contributed by atoms with Gasteiger partial charge in [0.1, 0.15) is 0 Å². The molecule has 0 unspecified atom stereocenters. The maximum Gasteiger partial charge on any atom is 0.391 e. The Labute approximate surface area is 111 Å². The van der Waals surface area contributed by atoms with E-state index in [1.54, 1.807) is 0 Å². The Morgan fingerprint density at radius 2 is 1.68 bits per heavy atom. The van der Waals surface area contributed by atoms with Gasteiger partial charge in [-0.2, -0.15) is 13.2 Å². The van der Waals surface area contributed by atoms with E-state index in [-0.39, 0.29) is 25.7 Å². The summed E-state index contributed by atoms with van der Waals surface area (Å²) in [6, 6.07) is 9.74. The number of aliphatic hydroxyl groups is 1. The summed E-state index contributed by atoms with van der Waals surface area (Å²) in [5.41, 5.74) is 0.200. The number of halogens is 3. The molecule has 19 heavy (non-hydrogen) atoms. The summed E-state index contributed by atoms with van der Waals surface area (Å²) in [6.07, 6.45) is -2.24. The Balaban J connectivity index is 1.85. The van der Waals surface area contributed by atoms with Crippen LogP contribution in [0.5, 0.6) is 0 Å². The van der Waals surface area contributed by atoms with Crippen molar-refractivity contribution in [1.29, 1.82) is 0 Å². The minimum atomic E-state index is -4.11. The van der Waals surface area contributed by atoms with E-state index in [2.05, 4.69) is 0 Å². The molecule has 2 rings (SSSR count). The maximum atomic E-state index is 12.6. The molecule has 1 nitrogen and oxygen atoms in total. The van der Waals surface area contributed by atoms with Gasteiger partial charge in [0.05, 0.1) is 11.5 Å². The van der Waals surface area contributed by atoms with Crippen LogP contribution in [0.2, 0.25) is 0 Å². The predicted octanol–water partition coefficient (Wildman–Crippen LogP) is 4.10. The Bertz CT molecular complexity index is 392. The van der Waals surface area contributed by atoms with Crippen LogP contribution < -0.4 is 0 Å². The Kier molecular flexibility index (Phi) is 4.19. The number of aryl methyl sites for hydroxylation is 1. The molecule has 0 aliphatic heterocycles. The fourth-order valence-electron chi connectivity index (χ4n) is 2.75. The first kappa shape index (κ1) is 14.4. The van der Waals surface area contributed by atoms with Crippen molar-refractivity contribution < 1.29 is 18.3 Å². The molecule has 1 saturated carbocycles. The third kappa shape index (κ3) is 3.96. The second-order valence-corrected chi connectivity index (χ2v) is 5.53. The average molecular weight is 272 g/mol. The second kappa shape index (κ2) is 5.53. The van der Waals surface area contributed by atoms with Gasteiger partial charge in [0.15, 0.2) is 0 Å². The molecule has 1 N–H and O–H groups in total. The molecule has 0 atom stereocenters. The zero-order valence-electron chi connectivity index (χ0n) is 10.8. The van der Waals surface area contributed by atoms with Crippen LogP contribution in [-0.4, -0.2) is 16.9 Å². The fourth-order valence-corrected chi connectivity index (χ4v) is 2.75. The highest BCUT2D eigenvalue weighted by Crippen LogP contribution is 2.42. The summed E-state index contributed by atoms with van der Waals surface area (Å²) in [5.74, 6) is -1.23. The van der Waals surface area contributed by atoms with Crippen LogP contribution in [-0.2, 0) is 6.42 Å². The molecule has 1 aliphatic carbocycles. The summed E-state index contributed by atoms with van der Waals surface area (Å²) in [4.78, 5) is 0. The van der Waals surface area contributed by atoms with Crippen LogP contribution in [0.1, 0.15) is 37.7 Å². The van der Waals surface area contributed by atoms with Crippen molar-refractivity contribution in [2.24, 2.45) is 5.92 Å². The number of hydrogen-bond acceptors (Lipinski definition) is 1. The molecule has 0 heterocycles. The van der Waals surface area contributed by atoms with Gasteiger partial charge in [-0.1, -0.05) is 30.3 Å². The molecule has 0 saturated heterocycles. The topological polar surface area (TPSA) is 20.2 Å². The van der Waals surface area contributed by atoms with Gasteiger partial charge in [-0.25, -0.2) is 0 Å². The monoisotopic (exact) mass is 272 g/mol. The third-order valence-corrected chi connectivity index (χ3v) is 4.10. The molecular weight excluding hydrogens is 253 g/mol. The summed E-state index contributed by atoms with van der Waals surface area (Å²) >= 11 is 0. The molecule has 1 aromatic carbocycles. The van der Waals surface area contributed by atoms with E-state index in [0.29, 0.717) is 12.8 Å². The molecule has 4 heteroatoms.